The van der Waals surface area contributed by atoms with Crippen LogP contribution in [0.15, 0.2) is 108 Å². The van der Waals surface area contributed by atoms with Crippen molar-refractivity contribution in [2.75, 3.05) is 31.5 Å². The maximum absolute atomic E-state index is 14.0. The third-order valence-electron chi connectivity index (χ3n) is 7.90. The summed E-state index contributed by atoms with van der Waals surface area (Å²) in [5, 5.41) is 3.21. The standard InChI is InChI=1S/C35H30F6N2O4/c1-45-27-14-10-25(11-15-27)42-29-20-30(21-6-4-8-23(18-21)34(36,37)38)43(26-12-16-28(46-2)17-13-26)32(31(29)33(44)47-3)22-7-5-9-24(19-22)35(39,40)41/h4-19,30,32,42H,20H2,1-3H3/t30-,32+/m0/s1. The van der Waals surface area contributed by atoms with E-state index in [1.807, 2.05) is 0 Å². The molecular formula is C35H30F6N2O4. The van der Waals surface area contributed by atoms with Crippen LogP contribution >= 0.6 is 0 Å². The van der Waals surface area contributed by atoms with Crippen LogP contribution in [0.2, 0.25) is 0 Å². The summed E-state index contributed by atoms with van der Waals surface area (Å²) < 4.78 is 99.6. The van der Waals surface area contributed by atoms with E-state index in [1.165, 1.54) is 38.5 Å². The van der Waals surface area contributed by atoms with Crippen molar-refractivity contribution in [1.82, 2.24) is 0 Å². The van der Waals surface area contributed by atoms with Crippen molar-refractivity contribution in [1.29, 1.82) is 0 Å². The van der Waals surface area contributed by atoms with E-state index in [9.17, 15) is 31.1 Å². The van der Waals surface area contributed by atoms with Gasteiger partial charge in [-0.1, -0.05) is 24.3 Å². The van der Waals surface area contributed by atoms with E-state index in [1.54, 1.807) is 53.4 Å². The average molecular weight is 657 g/mol. The topological polar surface area (TPSA) is 60.0 Å². The Hall–Kier alpha value is -5.13. The number of methoxy groups -OCH3 is 3. The molecule has 6 nitrogen and oxygen atoms in total. The van der Waals surface area contributed by atoms with Crippen molar-refractivity contribution in [3.05, 3.63) is 131 Å². The molecule has 1 aliphatic rings. The van der Waals surface area contributed by atoms with Crippen LogP contribution in [0, 0.1) is 0 Å². The van der Waals surface area contributed by atoms with Crippen molar-refractivity contribution < 1.29 is 45.3 Å². The summed E-state index contributed by atoms with van der Waals surface area (Å²) in [6.07, 6.45) is -9.41. The number of benzene rings is 4. The zero-order chi connectivity index (χ0) is 33.9. The van der Waals surface area contributed by atoms with Gasteiger partial charge in [-0.2, -0.15) is 26.3 Å². The van der Waals surface area contributed by atoms with Gasteiger partial charge in [0.2, 0.25) is 0 Å². The van der Waals surface area contributed by atoms with Crippen LogP contribution in [-0.2, 0) is 21.9 Å². The molecule has 0 saturated heterocycles. The van der Waals surface area contributed by atoms with Gasteiger partial charge in [0.05, 0.1) is 50.1 Å². The summed E-state index contributed by atoms with van der Waals surface area (Å²) in [5.74, 6) is 0.197. The van der Waals surface area contributed by atoms with Crippen LogP contribution in [0.25, 0.3) is 0 Å². The Bertz CT molecular complexity index is 1750. The lowest BCUT2D eigenvalue weighted by Gasteiger charge is -2.46. The van der Waals surface area contributed by atoms with Crippen LogP contribution in [-0.4, -0.2) is 27.3 Å². The molecule has 47 heavy (non-hydrogen) atoms. The smallest absolute Gasteiger partial charge is 0.416 e. The number of carbonyl (C=O) groups excluding carboxylic acids is 1. The van der Waals surface area contributed by atoms with Gasteiger partial charge in [-0.3, -0.25) is 0 Å². The van der Waals surface area contributed by atoms with Gasteiger partial charge in [-0.15, -0.1) is 0 Å². The molecule has 1 heterocycles. The highest BCUT2D eigenvalue weighted by molar-refractivity contribution is 5.93. The van der Waals surface area contributed by atoms with E-state index in [0.29, 0.717) is 22.9 Å². The van der Waals surface area contributed by atoms with E-state index >= 15 is 0 Å². The number of hydrogen-bond acceptors (Lipinski definition) is 6. The lowest BCUT2D eigenvalue weighted by Crippen LogP contribution is -2.41. The second-order valence-corrected chi connectivity index (χ2v) is 10.7. The van der Waals surface area contributed by atoms with Gasteiger partial charge in [-0.25, -0.2) is 4.79 Å². The first-order valence-corrected chi connectivity index (χ1v) is 14.3. The molecule has 0 radical (unpaired) electrons. The van der Waals surface area contributed by atoms with Crippen molar-refractivity contribution >= 4 is 17.3 Å². The third kappa shape index (κ3) is 7.16. The first-order valence-electron chi connectivity index (χ1n) is 14.3. The molecule has 246 valence electrons. The van der Waals surface area contributed by atoms with Crippen LogP contribution in [0.5, 0.6) is 11.5 Å². The fraction of sp³-hybridized carbons (Fsp3) is 0.229. The molecule has 12 heteroatoms. The molecule has 0 bridgehead atoms. The molecular weight excluding hydrogens is 626 g/mol. The minimum absolute atomic E-state index is 0.0123. The fourth-order valence-electron chi connectivity index (χ4n) is 5.69. The number of ether oxygens (including phenoxy) is 3. The van der Waals surface area contributed by atoms with Gasteiger partial charge >= 0.3 is 18.3 Å². The Morgan fingerprint density at radius 1 is 0.723 bits per heavy atom. The van der Waals surface area contributed by atoms with E-state index in [0.717, 1.165) is 31.4 Å². The monoisotopic (exact) mass is 656 g/mol. The highest BCUT2D eigenvalue weighted by atomic mass is 19.4. The number of rotatable bonds is 8. The van der Waals surface area contributed by atoms with Gasteiger partial charge < -0.3 is 24.4 Å². The number of nitrogens with zero attached hydrogens (tertiary/aromatic N) is 1. The van der Waals surface area contributed by atoms with Crippen molar-refractivity contribution in [2.45, 2.75) is 30.9 Å². The maximum atomic E-state index is 14.0. The van der Waals surface area contributed by atoms with Crippen molar-refractivity contribution in [3.63, 3.8) is 0 Å². The van der Waals surface area contributed by atoms with Crippen molar-refractivity contribution in [3.8, 4) is 11.5 Å². The molecule has 4 aromatic carbocycles. The maximum Gasteiger partial charge on any atom is 0.416 e. The largest absolute Gasteiger partial charge is 0.497 e. The quantitative estimate of drug-likeness (QED) is 0.151. The second-order valence-electron chi connectivity index (χ2n) is 10.7. The Morgan fingerprint density at radius 3 is 1.74 bits per heavy atom. The Morgan fingerprint density at radius 2 is 1.23 bits per heavy atom. The van der Waals surface area contributed by atoms with Crippen LogP contribution < -0.4 is 19.7 Å². The van der Waals surface area contributed by atoms with Crippen molar-refractivity contribution in [2.24, 2.45) is 0 Å². The summed E-state index contributed by atoms with van der Waals surface area (Å²) in [4.78, 5) is 15.3. The Labute approximate surface area is 267 Å². The summed E-state index contributed by atoms with van der Waals surface area (Å²) >= 11 is 0. The normalized spacial score (nSPS) is 16.9. The second kappa shape index (κ2) is 13.3. The first kappa shape index (κ1) is 33.2. The molecule has 5 rings (SSSR count). The number of carbonyl (C=O) groups is 1. The Kier molecular flexibility index (Phi) is 9.41. The summed E-state index contributed by atoms with van der Waals surface area (Å²) in [6, 6.07) is 20.3. The SMILES string of the molecule is COC(=O)C1=C(Nc2ccc(OC)cc2)C[C@@H](c2cccc(C(F)(F)F)c2)N(c2ccc(OC)cc2)[C@@H]1c1cccc(C(F)(F)F)c1. The van der Waals surface area contributed by atoms with Gasteiger partial charge in [-0.05, 0) is 83.9 Å². The number of halogens is 6. The van der Waals surface area contributed by atoms with Gasteiger partial charge in [0.25, 0.3) is 0 Å². The molecule has 0 fully saturated rings. The van der Waals surface area contributed by atoms with Crippen LogP contribution in [0.4, 0.5) is 37.7 Å². The average Bonchev–Trinajstić information content (AvgIpc) is 3.07. The fourth-order valence-corrected chi connectivity index (χ4v) is 5.69. The molecule has 0 amide bonds. The lowest BCUT2D eigenvalue weighted by atomic mass is 9.83. The number of nitrogens with one attached hydrogen (secondary N) is 1. The van der Waals surface area contributed by atoms with Gasteiger partial charge in [0.1, 0.15) is 11.5 Å². The van der Waals surface area contributed by atoms with Gasteiger partial charge in [0, 0.05) is 23.5 Å². The van der Waals surface area contributed by atoms with Gasteiger partial charge in [0.15, 0.2) is 0 Å². The van der Waals surface area contributed by atoms with E-state index < -0.39 is 41.5 Å². The molecule has 0 aromatic heterocycles. The Balaban J connectivity index is 1.81. The van der Waals surface area contributed by atoms with E-state index in [4.69, 9.17) is 14.2 Å². The predicted molar refractivity (Wildman–Crippen MR) is 164 cm³/mol. The third-order valence-corrected chi connectivity index (χ3v) is 7.90. The number of hydrogen-bond donors (Lipinski definition) is 1. The zero-order valence-corrected chi connectivity index (χ0v) is 25.4. The summed E-state index contributed by atoms with van der Waals surface area (Å²) in [7, 11) is 4.11. The highest BCUT2D eigenvalue weighted by Crippen LogP contribution is 2.49. The molecule has 0 saturated carbocycles. The minimum atomic E-state index is -4.71. The summed E-state index contributed by atoms with van der Waals surface area (Å²) in [5.41, 5.74) is -0.385. The molecule has 0 aliphatic carbocycles. The van der Waals surface area contributed by atoms with Crippen LogP contribution in [0.3, 0.4) is 0 Å². The minimum Gasteiger partial charge on any atom is -0.497 e. The first-order chi connectivity index (χ1) is 22.3. The lowest BCUT2D eigenvalue weighted by molar-refractivity contribution is -0.138. The molecule has 1 N–H and O–H groups in total. The number of alkyl halides is 6. The van der Waals surface area contributed by atoms with E-state index in [-0.39, 0.29) is 28.8 Å². The molecule has 0 spiro atoms. The van der Waals surface area contributed by atoms with E-state index in [2.05, 4.69) is 5.32 Å². The molecule has 1 aliphatic heterocycles. The predicted octanol–water partition coefficient (Wildman–Crippen LogP) is 8.97. The molecule has 4 aromatic rings. The zero-order valence-electron chi connectivity index (χ0n) is 25.4. The molecule has 2 atom stereocenters. The summed E-state index contributed by atoms with van der Waals surface area (Å²) in [6.45, 7) is 0. The van der Waals surface area contributed by atoms with Crippen LogP contribution in [0.1, 0.15) is 40.8 Å². The molecule has 0 unspecified atom stereocenters. The number of esters is 1. The highest BCUT2D eigenvalue weighted by Gasteiger charge is 2.43. The number of anilines is 2.